The maximum Gasteiger partial charge on any atom is 0.243 e. The number of sulfonamides is 2. The quantitative estimate of drug-likeness (QED) is 0.202. The summed E-state index contributed by atoms with van der Waals surface area (Å²) in [5.74, 6) is 0.701. The third-order valence-corrected chi connectivity index (χ3v) is 11.8. The van der Waals surface area contributed by atoms with E-state index in [9.17, 15) is 21.2 Å². The molecule has 1 aliphatic heterocycles. The maximum absolute atomic E-state index is 14.0. The standard InChI is InChI=1S/C34H38FN3O5S2/c1-26(2)29-8-4-27(5-9-29)24-38(25-28-6-14-32(43-3)15-7-28)45(41,42)34-18-16-33(17-19-34)44(39,40)37-22-20-36(21-23-37)31-12-10-30(35)11-13-31/h4-19,26H,20-25H2,1-3H3. The monoisotopic (exact) mass is 651 g/mol. The molecule has 0 aromatic heterocycles. The fraction of sp³-hybridized carbons (Fsp3) is 0.294. The molecule has 4 aromatic rings. The van der Waals surface area contributed by atoms with Crippen LogP contribution in [0.15, 0.2) is 107 Å². The highest BCUT2D eigenvalue weighted by molar-refractivity contribution is 7.89. The lowest BCUT2D eigenvalue weighted by atomic mass is 10.0. The SMILES string of the molecule is COc1ccc(CN(Cc2ccc(C(C)C)cc2)S(=O)(=O)c2ccc(S(=O)(=O)N3CCN(c4ccc(F)cc4)CC3)cc2)cc1. The van der Waals surface area contributed by atoms with Crippen molar-refractivity contribution < 1.29 is 26.0 Å². The van der Waals surface area contributed by atoms with Crippen LogP contribution in [-0.2, 0) is 33.1 Å². The van der Waals surface area contributed by atoms with E-state index >= 15 is 0 Å². The number of piperazine rings is 1. The molecule has 1 aliphatic rings. The van der Waals surface area contributed by atoms with E-state index in [1.165, 1.54) is 45.0 Å². The van der Waals surface area contributed by atoms with E-state index in [4.69, 9.17) is 4.74 Å². The Hall–Kier alpha value is -3.77. The number of ether oxygens (including phenoxy) is 1. The Balaban J connectivity index is 1.35. The number of anilines is 1. The summed E-state index contributed by atoms with van der Waals surface area (Å²) in [5.41, 5.74) is 3.63. The second kappa shape index (κ2) is 13.7. The molecule has 0 bridgehead atoms. The molecule has 45 heavy (non-hydrogen) atoms. The third kappa shape index (κ3) is 7.55. The van der Waals surface area contributed by atoms with Crippen molar-refractivity contribution in [3.8, 4) is 5.75 Å². The molecule has 238 valence electrons. The summed E-state index contributed by atoms with van der Waals surface area (Å²) >= 11 is 0. The van der Waals surface area contributed by atoms with Gasteiger partial charge in [0.2, 0.25) is 20.0 Å². The zero-order valence-electron chi connectivity index (χ0n) is 25.6. The molecule has 0 unspecified atom stereocenters. The van der Waals surface area contributed by atoms with Gasteiger partial charge in [0.25, 0.3) is 0 Å². The molecule has 0 N–H and O–H groups in total. The average molecular weight is 652 g/mol. The van der Waals surface area contributed by atoms with Crippen LogP contribution in [0.2, 0.25) is 0 Å². The molecule has 0 radical (unpaired) electrons. The van der Waals surface area contributed by atoms with Gasteiger partial charge in [-0.2, -0.15) is 8.61 Å². The van der Waals surface area contributed by atoms with Crippen molar-refractivity contribution in [1.29, 1.82) is 0 Å². The summed E-state index contributed by atoms with van der Waals surface area (Å²) in [6.45, 7) is 5.89. The lowest BCUT2D eigenvalue weighted by Crippen LogP contribution is -2.48. The normalized spacial score (nSPS) is 14.7. The van der Waals surface area contributed by atoms with Crippen LogP contribution < -0.4 is 9.64 Å². The first-order valence-electron chi connectivity index (χ1n) is 14.8. The minimum Gasteiger partial charge on any atom is -0.497 e. The van der Waals surface area contributed by atoms with Gasteiger partial charge >= 0.3 is 0 Å². The summed E-state index contributed by atoms with van der Waals surface area (Å²) in [6, 6.07) is 26.7. The topological polar surface area (TPSA) is 87.2 Å². The molecule has 0 atom stereocenters. The zero-order chi connectivity index (χ0) is 32.2. The second-order valence-corrected chi connectivity index (χ2v) is 15.2. The molecule has 0 aliphatic carbocycles. The molecule has 0 amide bonds. The molecule has 0 saturated carbocycles. The van der Waals surface area contributed by atoms with Gasteiger partial charge in [0.15, 0.2) is 0 Å². The van der Waals surface area contributed by atoms with E-state index in [2.05, 4.69) is 13.8 Å². The minimum absolute atomic E-state index is 0.00916. The molecule has 1 fully saturated rings. The first-order valence-corrected chi connectivity index (χ1v) is 17.7. The molecule has 11 heteroatoms. The van der Waals surface area contributed by atoms with E-state index in [1.807, 2.05) is 41.3 Å². The van der Waals surface area contributed by atoms with Gasteiger partial charge in [-0.3, -0.25) is 0 Å². The van der Waals surface area contributed by atoms with Gasteiger partial charge in [-0.25, -0.2) is 21.2 Å². The summed E-state index contributed by atoms with van der Waals surface area (Å²) in [5, 5.41) is 0. The second-order valence-electron chi connectivity index (χ2n) is 11.4. The Morgan fingerprint density at radius 3 is 1.73 bits per heavy atom. The highest BCUT2D eigenvalue weighted by atomic mass is 32.2. The molecule has 4 aromatic carbocycles. The summed E-state index contributed by atoms with van der Waals surface area (Å²) in [7, 11) is -6.28. The van der Waals surface area contributed by atoms with Gasteiger partial charge in [-0.15, -0.1) is 0 Å². The number of benzene rings is 4. The van der Waals surface area contributed by atoms with Crippen molar-refractivity contribution in [2.75, 3.05) is 38.2 Å². The fourth-order valence-electron chi connectivity index (χ4n) is 5.29. The van der Waals surface area contributed by atoms with E-state index in [0.717, 1.165) is 22.4 Å². The molecular formula is C34H38FN3O5S2. The van der Waals surface area contributed by atoms with Crippen molar-refractivity contribution >= 4 is 25.7 Å². The zero-order valence-corrected chi connectivity index (χ0v) is 27.3. The van der Waals surface area contributed by atoms with Gasteiger partial charge in [0, 0.05) is 45.0 Å². The first-order chi connectivity index (χ1) is 21.5. The van der Waals surface area contributed by atoms with Crippen molar-refractivity contribution in [3.05, 3.63) is 120 Å². The number of rotatable bonds is 11. The van der Waals surface area contributed by atoms with E-state index in [0.29, 0.717) is 24.8 Å². The molecule has 1 heterocycles. The summed E-state index contributed by atoms with van der Waals surface area (Å²) < 4.78 is 76.3. The van der Waals surface area contributed by atoms with Gasteiger partial charge in [0.1, 0.15) is 11.6 Å². The Labute approximate surface area is 265 Å². The molecule has 5 rings (SSSR count). The van der Waals surface area contributed by atoms with Gasteiger partial charge in [-0.05, 0) is 83.3 Å². The molecule has 0 spiro atoms. The number of hydrogen-bond acceptors (Lipinski definition) is 6. The number of methoxy groups -OCH3 is 1. The Morgan fingerprint density at radius 2 is 1.22 bits per heavy atom. The first kappa shape index (κ1) is 32.6. The minimum atomic E-state index is -4.01. The largest absolute Gasteiger partial charge is 0.497 e. The predicted octanol–water partition coefficient (Wildman–Crippen LogP) is 5.86. The lowest BCUT2D eigenvalue weighted by Gasteiger charge is -2.35. The van der Waals surface area contributed by atoms with E-state index in [-0.39, 0.29) is 41.8 Å². The van der Waals surface area contributed by atoms with Crippen LogP contribution in [0.5, 0.6) is 5.75 Å². The van der Waals surface area contributed by atoms with Gasteiger partial charge in [-0.1, -0.05) is 50.2 Å². The fourth-order valence-corrected chi connectivity index (χ4v) is 8.13. The predicted molar refractivity (Wildman–Crippen MR) is 174 cm³/mol. The van der Waals surface area contributed by atoms with Crippen molar-refractivity contribution in [1.82, 2.24) is 8.61 Å². The van der Waals surface area contributed by atoms with Crippen molar-refractivity contribution in [2.24, 2.45) is 0 Å². The van der Waals surface area contributed by atoms with Crippen molar-refractivity contribution in [2.45, 2.75) is 42.6 Å². The van der Waals surface area contributed by atoms with Gasteiger partial charge in [0.05, 0.1) is 16.9 Å². The summed E-state index contributed by atoms with van der Waals surface area (Å²) in [6.07, 6.45) is 0. The lowest BCUT2D eigenvalue weighted by molar-refractivity contribution is 0.384. The van der Waals surface area contributed by atoms with Crippen LogP contribution in [0.3, 0.4) is 0 Å². The highest BCUT2D eigenvalue weighted by Gasteiger charge is 2.30. The summed E-state index contributed by atoms with van der Waals surface area (Å²) in [4.78, 5) is 2.05. The van der Waals surface area contributed by atoms with Crippen LogP contribution in [-0.4, -0.2) is 58.7 Å². The Kier molecular flexibility index (Phi) is 9.93. The Bertz CT molecular complexity index is 1790. The molecular weight excluding hydrogens is 614 g/mol. The Morgan fingerprint density at radius 1 is 0.711 bits per heavy atom. The smallest absolute Gasteiger partial charge is 0.243 e. The van der Waals surface area contributed by atoms with Gasteiger partial charge < -0.3 is 9.64 Å². The van der Waals surface area contributed by atoms with Crippen LogP contribution >= 0.6 is 0 Å². The number of nitrogens with zero attached hydrogens (tertiary/aromatic N) is 3. The number of hydrogen-bond donors (Lipinski definition) is 0. The third-order valence-electron chi connectivity index (χ3n) is 8.05. The van der Waals surface area contributed by atoms with Crippen LogP contribution in [0.1, 0.15) is 36.5 Å². The van der Waals surface area contributed by atoms with Crippen LogP contribution in [0, 0.1) is 5.82 Å². The van der Waals surface area contributed by atoms with Crippen LogP contribution in [0.25, 0.3) is 0 Å². The van der Waals surface area contributed by atoms with Crippen LogP contribution in [0.4, 0.5) is 10.1 Å². The highest BCUT2D eigenvalue weighted by Crippen LogP contribution is 2.26. The molecule has 1 saturated heterocycles. The van der Waals surface area contributed by atoms with E-state index < -0.39 is 20.0 Å². The number of halogens is 1. The maximum atomic E-state index is 14.0. The van der Waals surface area contributed by atoms with Crippen molar-refractivity contribution in [3.63, 3.8) is 0 Å². The molecule has 8 nitrogen and oxygen atoms in total. The van der Waals surface area contributed by atoms with E-state index in [1.54, 1.807) is 31.4 Å². The average Bonchev–Trinajstić information content (AvgIpc) is 3.05.